The molecule has 2 nitrogen and oxygen atoms in total. The summed E-state index contributed by atoms with van der Waals surface area (Å²) in [4.78, 5) is 0.371. The minimum absolute atomic E-state index is 0.252. The first kappa shape index (κ1) is 11.7. The van der Waals surface area contributed by atoms with Gasteiger partial charge in [-0.05, 0) is 27.6 Å². The first-order valence-electron chi connectivity index (χ1n) is 5.42. The number of sulfone groups is 1. The summed E-state index contributed by atoms with van der Waals surface area (Å²) in [7, 11) is -3.39. The van der Waals surface area contributed by atoms with Gasteiger partial charge in [0.25, 0.3) is 0 Å². The van der Waals surface area contributed by atoms with Crippen LogP contribution in [0.25, 0.3) is 5.57 Å². The van der Waals surface area contributed by atoms with E-state index in [1.165, 1.54) is 0 Å². The van der Waals surface area contributed by atoms with E-state index in [0.717, 1.165) is 16.7 Å². The maximum absolute atomic E-state index is 12.3. The van der Waals surface area contributed by atoms with Crippen molar-refractivity contribution >= 4 is 31.3 Å². The van der Waals surface area contributed by atoms with Crippen molar-refractivity contribution < 1.29 is 8.42 Å². The summed E-state index contributed by atoms with van der Waals surface area (Å²) >= 11 is 3.24. The van der Waals surface area contributed by atoms with E-state index in [4.69, 9.17) is 0 Å². The SMILES string of the molecule is O=S1(=O)C(Br)=C(c2ccccc2)c2ccccc21. The number of benzene rings is 2. The molecule has 90 valence electrons. The van der Waals surface area contributed by atoms with Crippen LogP contribution in [0.5, 0.6) is 0 Å². The van der Waals surface area contributed by atoms with E-state index in [1.807, 2.05) is 42.5 Å². The van der Waals surface area contributed by atoms with Gasteiger partial charge in [0.15, 0.2) is 0 Å². The second-order valence-corrected chi connectivity index (χ2v) is 7.19. The third-order valence-electron chi connectivity index (χ3n) is 2.94. The van der Waals surface area contributed by atoms with E-state index in [0.29, 0.717) is 4.90 Å². The van der Waals surface area contributed by atoms with E-state index in [2.05, 4.69) is 15.9 Å². The van der Waals surface area contributed by atoms with Crippen LogP contribution in [-0.2, 0) is 9.84 Å². The zero-order valence-electron chi connectivity index (χ0n) is 9.30. The standard InChI is InChI=1S/C14H9BrO2S/c15-14-13(10-6-2-1-3-7-10)11-8-4-5-9-12(11)18(14,16)17/h1-9H. The Hall–Kier alpha value is -1.39. The molecule has 2 aromatic rings. The minimum Gasteiger partial charge on any atom is -0.218 e. The lowest BCUT2D eigenvalue weighted by Gasteiger charge is -2.04. The molecule has 3 rings (SSSR count). The fourth-order valence-corrected chi connectivity index (χ4v) is 4.49. The highest BCUT2D eigenvalue weighted by molar-refractivity contribution is 9.13. The molecule has 0 bridgehead atoms. The molecule has 4 heteroatoms. The summed E-state index contributed by atoms with van der Waals surface area (Å²) in [6, 6.07) is 16.6. The summed E-state index contributed by atoms with van der Waals surface area (Å²) < 4.78 is 24.8. The fourth-order valence-electron chi connectivity index (χ4n) is 2.12. The normalized spacial score (nSPS) is 16.7. The van der Waals surface area contributed by atoms with Crippen molar-refractivity contribution in [3.05, 3.63) is 69.5 Å². The molecule has 1 aliphatic heterocycles. The van der Waals surface area contributed by atoms with E-state index >= 15 is 0 Å². The monoisotopic (exact) mass is 320 g/mol. The molecule has 1 heterocycles. The molecule has 0 aromatic heterocycles. The van der Waals surface area contributed by atoms with Crippen LogP contribution in [0.2, 0.25) is 0 Å². The highest BCUT2D eigenvalue weighted by Gasteiger charge is 2.34. The Balaban J connectivity index is 2.37. The topological polar surface area (TPSA) is 34.1 Å². The Bertz CT molecular complexity index is 746. The van der Waals surface area contributed by atoms with Gasteiger partial charge in [-0.15, -0.1) is 0 Å². The average Bonchev–Trinajstić information content (AvgIpc) is 2.60. The molecule has 18 heavy (non-hydrogen) atoms. The van der Waals surface area contributed by atoms with Gasteiger partial charge in [0, 0.05) is 11.1 Å². The van der Waals surface area contributed by atoms with Crippen LogP contribution >= 0.6 is 15.9 Å². The van der Waals surface area contributed by atoms with Crippen LogP contribution < -0.4 is 0 Å². The molecule has 0 saturated carbocycles. The van der Waals surface area contributed by atoms with Gasteiger partial charge in [-0.3, -0.25) is 0 Å². The molecular formula is C14H9BrO2S. The van der Waals surface area contributed by atoms with Crippen LogP contribution in [-0.4, -0.2) is 8.42 Å². The predicted molar refractivity (Wildman–Crippen MR) is 75.0 cm³/mol. The van der Waals surface area contributed by atoms with Crippen LogP contribution in [0.4, 0.5) is 0 Å². The molecule has 0 spiro atoms. The van der Waals surface area contributed by atoms with E-state index in [9.17, 15) is 8.42 Å². The summed E-state index contributed by atoms with van der Waals surface area (Å²) in [5.74, 6) is 0. The zero-order valence-corrected chi connectivity index (χ0v) is 11.7. The Kier molecular flexibility index (Phi) is 2.64. The lowest BCUT2D eigenvalue weighted by atomic mass is 10.00. The number of halogens is 1. The van der Waals surface area contributed by atoms with Crippen LogP contribution in [0, 0.1) is 0 Å². The van der Waals surface area contributed by atoms with Gasteiger partial charge in [-0.1, -0.05) is 48.5 Å². The van der Waals surface area contributed by atoms with Gasteiger partial charge in [-0.25, -0.2) is 8.42 Å². The lowest BCUT2D eigenvalue weighted by Crippen LogP contribution is -1.95. The largest absolute Gasteiger partial charge is 0.218 e. The highest BCUT2D eigenvalue weighted by atomic mass is 79.9. The minimum atomic E-state index is -3.39. The molecule has 1 aliphatic rings. The second kappa shape index (κ2) is 4.07. The molecule has 0 saturated heterocycles. The van der Waals surface area contributed by atoms with Gasteiger partial charge < -0.3 is 0 Å². The van der Waals surface area contributed by atoms with Gasteiger partial charge in [0.2, 0.25) is 9.84 Å². The van der Waals surface area contributed by atoms with Crippen molar-refractivity contribution in [2.75, 3.05) is 0 Å². The first-order chi connectivity index (χ1) is 8.62. The smallest absolute Gasteiger partial charge is 0.214 e. The van der Waals surface area contributed by atoms with Crippen LogP contribution in [0.15, 0.2) is 63.3 Å². The summed E-state index contributed by atoms with van der Waals surface area (Å²) in [6.07, 6.45) is 0. The summed E-state index contributed by atoms with van der Waals surface area (Å²) in [5, 5.41) is 0. The lowest BCUT2D eigenvalue weighted by molar-refractivity contribution is 0.605. The van der Waals surface area contributed by atoms with Gasteiger partial charge >= 0.3 is 0 Å². The molecule has 0 unspecified atom stereocenters. The molecule has 0 fully saturated rings. The number of fused-ring (bicyclic) bond motifs is 1. The third-order valence-corrected chi connectivity index (χ3v) is 6.23. The Labute approximate surface area is 114 Å². The average molecular weight is 321 g/mol. The molecular weight excluding hydrogens is 312 g/mol. The van der Waals surface area contributed by atoms with Crippen molar-refractivity contribution in [2.24, 2.45) is 0 Å². The van der Waals surface area contributed by atoms with E-state index in [1.54, 1.807) is 12.1 Å². The van der Waals surface area contributed by atoms with E-state index < -0.39 is 9.84 Å². The van der Waals surface area contributed by atoms with Crippen LogP contribution in [0.3, 0.4) is 0 Å². The summed E-state index contributed by atoms with van der Waals surface area (Å²) in [5.41, 5.74) is 2.40. The summed E-state index contributed by atoms with van der Waals surface area (Å²) in [6.45, 7) is 0. The maximum atomic E-state index is 12.3. The molecule has 0 aliphatic carbocycles. The first-order valence-corrected chi connectivity index (χ1v) is 7.69. The molecule has 2 aromatic carbocycles. The van der Waals surface area contributed by atoms with Crippen molar-refractivity contribution in [1.29, 1.82) is 0 Å². The predicted octanol–water partition coefficient (Wildman–Crippen LogP) is 3.59. The van der Waals surface area contributed by atoms with Gasteiger partial charge in [0.05, 0.1) is 4.90 Å². The van der Waals surface area contributed by atoms with Crippen molar-refractivity contribution in [2.45, 2.75) is 4.90 Å². The number of hydrogen-bond acceptors (Lipinski definition) is 2. The molecule has 0 N–H and O–H groups in total. The van der Waals surface area contributed by atoms with Crippen LogP contribution in [0.1, 0.15) is 11.1 Å². The van der Waals surface area contributed by atoms with Gasteiger partial charge in [-0.2, -0.15) is 0 Å². The van der Waals surface area contributed by atoms with E-state index in [-0.39, 0.29) is 3.81 Å². The fraction of sp³-hybridized carbons (Fsp3) is 0. The molecule has 0 radical (unpaired) electrons. The highest BCUT2D eigenvalue weighted by Crippen LogP contribution is 2.44. The van der Waals surface area contributed by atoms with Crippen molar-refractivity contribution in [3.63, 3.8) is 0 Å². The quantitative estimate of drug-likeness (QED) is 0.804. The Morgan fingerprint density at radius 3 is 2.17 bits per heavy atom. The molecule has 0 atom stereocenters. The zero-order chi connectivity index (χ0) is 12.8. The number of rotatable bonds is 1. The maximum Gasteiger partial charge on any atom is 0.214 e. The third kappa shape index (κ3) is 1.56. The molecule has 0 amide bonds. The second-order valence-electron chi connectivity index (χ2n) is 4.01. The van der Waals surface area contributed by atoms with Crippen molar-refractivity contribution in [3.8, 4) is 0 Å². The van der Waals surface area contributed by atoms with Crippen molar-refractivity contribution in [1.82, 2.24) is 0 Å². The Morgan fingerprint density at radius 1 is 0.833 bits per heavy atom. The number of hydrogen-bond donors (Lipinski definition) is 0. The Morgan fingerprint density at radius 2 is 1.44 bits per heavy atom. The van der Waals surface area contributed by atoms with Gasteiger partial charge in [0.1, 0.15) is 3.81 Å².